The second-order valence-electron chi connectivity index (χ2n) is 5.62. The van der Waals surface area contributed by atoms with E-state index in [1.807, 2.05) is 18.3 Å². The van der Waals surface area contributed by atoms with Crippen molar-refractivity contribution in [1.82, 2.24) is 4.98 Å². The van der Waals surface area contributed by atoms with Crippen molar-refractivity contribution in [2.45, 2.75) is 39.4 Å². The highest BCUT2D eigenvalue weighted by Crippen LogP contribution is 2.25. The fourth-order valence-electron chi connectivity index (χ4n) is 2.66. The molecule has 0 N–H and O–H groups in total. The van der Waals surface area contributed by atoms with Crippen LogP contribution in [0.3, 0.4) is 0 Å². The largest absolute Gasteiger partial charge is 0.465 e. The summed E-state index contributed by atoms with van der Waals surface area (Å²) in [5, 5.41) is 0. The molecule has 1 fully saturated rings. The van der Waals surface area contributed by atoms with Crippen molar-refractivity contribution in [3.05, 3.63) is 47.7 Å². The Hall–Kier alpha value is -1.87. The Bertz CT molecular complexity index is 601. The van der Waals surface area contributed by atoms with E-state index in [-0.39, 0.29) is 6.29 Å². The summed E-state index contributed by atoms with van der Waals surface area (Å²) in [5.41, 5.74) is 4.52. The van der Waals surface area contributed by atoms with E-state index >= 15 is 0 Å². The van der Waals surface area contributed by atoms with E-state index in [2.05, 4.69) is 37.0 Å². The number of hydrogen-bond donors (Lipinski definition) is 0. The number of benzene rings is 1. The molecule has 1 aromatic carbocycles. The minimum Gasteiger partial charge on any atom is -0.465 e. The van der Waals surface area contributed by atoms with Gasteiger partial charge in [0.2, 0.25) is 0 Å². The van der Waals surface area contributed by atoms with Crippen LogP contribution in [0, 0.1) is 13.8 Å². The lowest BCUT2D eigenvalue weighted by atomic mass is 10.1. The molecule has 2 heterocycles. The number of aromatic nitrogens is 1. The summed E-state index contributed by atoms with van der Waals surface area (Å²) < 4.78 is 11.4. The molecule has 110 valence electrons. The lowest BCUT2D eigenvalue weighted by molar-refractivity contribution is -0.105. The first kappa shape index (κ1) is 14.1. The lowest BCUT2D eigenvalue weighted by Crippen LogP contribution is -2.24. The van der Waals surface area contributed by atoms with Crippen LogP contribution in [0.4, 0.5) is 0 Å². The van der Waals surface area contributed by atoms with E-state index in [1.54, 1.807) is 0 Å². The lowest BCUT2D eigenvalue weighted by Gasteiger charge is -2.23. The van der Waals surface area contributed by atoms with Crippen LogP contribution < -0.4 is 4.74 Å². The Morgan fingerprint density at radius 1 is 1.14 bits per heavy atom. The summed E-state index contributed by atoms with van der Waals surface area (Å²) in [6.45, 7) is 4.95. The highest BCUT2D eigenvalue weighted by molar-refractivity contribution is 5.63. The predicted octanol–water partition coefficient (Wildman–Crippen LogP) is 4.27. The summed E-state index contributed by atoms with van der Waals surface area (Å²) in [7, 11) is 0. The number of hydrogen-bond acceptors (Lipinski definition) is 3. The normalized spacial score (nSPS) is 18.5. The molecule has 1 aromatic heterocycles. The van der Waals surface area contributed by atoms with Gasteiger partial charge in [-0.15, -0.1) is 0 Å². The second-order valence-corrected chi connectivity index (χ2v) is 5.62. The van der Waals surface area contributed by atoms with Crippen molar-refractivity contribution in [3.8, 4) is 17.0 Å². The number of nitrogens with zero attached hydrogens (tertiary/aromatic N) is 1. The Kier molecular flexibility index (Phi) is 4.20. The van der Waals surface area contributed by atoms with Crippen LogP contribution in [0.2, 0.25) is 0 Å². The number of rotatable bonds is 3. The minimum absolute atomic E-state index is 0.0937. The van der Waals surface area contributed by atoms with Crippen LogP contribution in [0.25, 0.3) is 11.3 Å². The van der Waals surface area contributed by atoms with Gasteiger partial charge in [-0.25, -0.2) is 0 Å². The second kappa shape index (κ2) is 6.27. The molecule has 0 bridgehead atoms. The van der Waals surface area contributed by atoms with E-state index < -0.39 is 0 Å². The zero-order valence-corrected chi connectivity index (χ0v) is 12.6. The third-order valence-corrected chi connectivity index (χ3v) is 3.75. The summed E-state index contributed by atoms with van der Waals surface area (Å²) in [4.78, 5) is 4.53. The smallest absolute Gasteiger partial charge is 0.199 e. The van der Waals surface area contributed by atoms with Gasteiger partial charge in [-0.2, -0.15) is 0 Å². The Morgan fingerprint density at radius 2 is 1.95 bits per heavy atom. The number of pyridine rings is 1. The van der Waals surface area contributed by atoms with Crippen LogP contribution >= 0.6 is 0 Å². The van der Waals surface area contributed by atoms with Gasteiger partial charge in [0.05, 0.1) is 12.3 Å². The third kappa shape index (κ3) is 3.42. The van der Waals surface area contributed by atoms with Gasteiger partial charge in [0, 0.05) is 18.2 Å². The van der Waals surface area contributed by atoms with Crippen molar-refractivity contribution in [3.63, 3.8) is 0 Å². The minimum atomic E-state index is -0.0937. The topological polar surface area (TPSA) is 31.4 Å². The quantitative estimate of drug-likeness (QED) is 0.843. The molecule has 3 heteroatoms. The zero-order chi connectivity index (χ0) is 14.7. The standard InChI is InChI=1S/C18H21NO2/c1-13-11-14(2)18(19-12-13)15-6-8-16(9-7-15)21-17-5-3-4-10-20-17/h6-9,11-12,17H,3-5,10H2,1-2H3. The monoisotopic (exact) mass is 283 g/mol. The van der Waals surface area contributed by atoms with E-state index in [9.17, 15) is 0 Å². The van der Waals surface area contributed by atoms with Gasteiger partial charge in [-0.1, -0.05) is 6.07 Å². The molecule has 1 aliphatic rings. The number of aryl methyl sites for hydroxylation is 2. The van der Waals surface area contributed by atoms with Crippen LogP contribution in [-0.2, 0) is 4.74 Å². The van der Waals surface area contributed by atoms with E-state index in [1.165, 1.54) is 17.5 Å². The summed E-state index contributed by atoms with van der Waals surface area (Å²) in [5.74, 6) is 0.857. The van der Waals surface area contributed by atoms with Crippen molar-refractivity contribution in [1.29, 1.82) is 0 Å². The molecule has 0 spiro atoms. The van der Waals surface area contributed by atoms with Gasteiger partial charge >= 0.3 is 0 Å². The maximum absolute atomic E-state index is 5.85. The molecule has 0 saturated carbocycles. The van der Waals surface area contributed by atoms with Gasteiger partial charge in [0.15, 0.2) is 6.29 Å². The summed E-state index contributed by atoms with van der Waals surface area (Å²) in [6, 6.07) is 10.3. The Labute approximate surface area is 125 Å². The molecule has 2 aromatic rings. The van der Waals surface area contributed by atoms with Gasteiger partial charge in [0.1, 0.15) is 5.75 Å². The zero-order valence-electron chi connectivity index (χ0n) is 12.6. The first-order valence-corrected chi connectivity index (χ1v) is 7.54. The maximum atomic E-state index is 5.85. The number of ether oxygens (including phenoxy) is 2. The summed E-state index contributed by atoms with van der Waals surface area (Å²) in [6.07, 6.45) is 5.10. The molecular weight excluding hydrogens is 262 g/mol. The van der Waals surface area contributed by atoms with Gasteiger partial charge in [-0.3, -0.25) is 4.98 Å². The molecule has 21 heavy (non-hydrogen) atoms. The first-order chi connectivity index (χ1) is 10.2. The van der Waals surface area contributed by atoms with Crippen LogP contribution in [0.5, 0.6) is 5.75 Å². The van der Waals surface area contributed by atoms with Crippen molar-refractivity contribution >= 4 is 0 Å². The third-order valence-electron chi connectivity index (χ3n) is 3.75. The molecule has 1 saturated heterocycles. The predicted molar refractivity (Wildman–Crippen MR) is 83.4 cm³/mol. The highest BCUT2D eigenvalue weighted by atomic mass is 16.7. The summed E-state index contributed by atoms with van der Waals surface area (Å²) >= 11 is 0. The molecule has 1 unspecified atom stereocenters. The van der Waals surface area contributed by atoms with Crippen molar-refractivity contribution in [2.24, 2.45) is 0 Å². The fourth-order valence-corrected chi connectivity index (χ4v) is 2.66. The Morgan fingerprint density at radius 3 is 2.62 bits per heavy atom. The first-order valence-electron chi connectivity index (χ1n) is 7.54. The molecule has 3 rings (SSSR count). The van der Waals surface area contributed by atoms with Gasteiger partial charge in [0.25, 0.3) is 0 Å². The van der Waals surface area contributed by atoms with Crippen LogP contribution in [0.15, 0.2) is 36.5 Å². The Balaban J connectivity index is 1.74. The van der Waals surface area contributed by atoms with E-state index in [4.69, 9.17) is 9.47 Å². The molecule has 0 amide bonds. The van der Waals surface area contributed by atoms with Crippen molar-refractivity contribution in [2.75, 3.05) is 6.61 Å². The average molecular weight is 283 g/mol. The van der Waals surface area contributed by atoms with Gasteiger partial charge in [-0.05, 0) is 62.1 Å². The maximum Gasteiger partial charge on any atom is 0.199 e. The van der Waals surface area contributed by atoms with Crippen LogP contribution in [-0.4, -0.2) is 17.9 Å². The van der Waals surface area contributed by atoms with E-state index in [0.717, 1.165) is 36.5 Å². The highest BCUT2D eigenvalue weighted by Gasteiger charge is 2.15. The SMILES string of the molecule is Cc1cnc(-c2ccc(OC3CCCCO3)cc2)c(C)c1. The molecule has 1 atom stereocenters. The molecule has 0 aliphatic carbocycles. The molecular formula is C18H21NO2. The average Bonchev–Trinajstić information content (AvgIpc) is 2.49. The van der Waals surface area contributed by atoms with E-state index in [0.29, 0.717) is 0 Å². The van der Waals surface area contributed by atoms with Crippen molar-refractivity contribution < 1.29 is 9.47 Å². The van der Waals surface area contributed by atoms with Crippen LogP contribution in [0.1, 0.15) is 30.4 Å². The molecule has 3 nitrogen and oxygen atoms in total. The fraction of sp³-hybridized carbons (Fsp3) is 0.389. The molecule has 1 aliphatic heterocycles. The van der Waals surface area contributed by atoms with Gasteiger partial charge < -0.3 is 9.47 Å². The molecule has 0 radical (unpaired) electrons.